The largest absolute Gasteiger partial charge is 0.388 e. The SMILES string of the molecule is CC1(C)O[C@H]2C[C@H]3[C@@H]4C[C@H](F)C5=CC(=O)C=C[C@]5(C)C4(Cl)[C@@H](Cl)C[C@]3(C)[C@]2(C(=O)CO)O1. The number of hydrogen-bond acceptors (Lipinski definition) is 5. The molecule has 5 rings (SSSR count). The summed E-state index contributed by atoms with van der Waals surface area (Å²) in [6.07, 6.45) is 3.47. The first-order chi connectivity index (χ1) is 14.8. The summed E-state index contributed by atoms with van der Waals surface area (Å²) in [4.78, 5) is 24.2. The van der Waals surface area contributed by atoms with Crippen LogP contribution in [0.15, 0.2) is 23.8 Å². The molecule has 5 aliphatic rings. The molecule has 1 N–H and O–H groups in total. The van der Waals surface area contributed by atoms with Crippen LogP contribution >= 0.6 is 23.2 Å². The number of fused-ring (bicyclic) bond motifs is 7. The molecule has 32 heavy (non-hydrogen) atoms. The molecule has 8 heteroatoms. The summed E-state index contributed by atoms with van der Waals surface area (Å²) in [5.74, 6) is -2.28. The minimum absolute atomic E-state index is 0.106. The van der Waals surface area contributed by atoms with E-state index < -0.39 is 57.1 Å². The van der Waals surface area contributed by atoms with Gasteiger partial charge in [-0.25, -0.2) is 4.39 Å². The van der Waals surface area contributed by atoms with Crippen LogP contribution in [0.4, 0.5) is 4.39 Å². The van der Waals surface area contributed by atoms with E-state index in [1.807, 2.05) is 13.8 Å². The van der Waals surface area contributed by atoms with Crippen molar-refractivity contribution in [2.75, 3.05) is 6.61 Å². The Morgan fingerprint density at radius 2 is 1.94 bits per heavy atom. The van der Waals surface area contributed by atoms with Gasteiger partial charge in [-0.3, -0.25) is 9.59 Å². The van der Waals surface area contributed by atoms with E-state index in [-0.39, 0.29) is 24.0 Å². The number of halogens is 3. The van der Waals surface area contributed by atoms with Gasteiger partial charge in [-0.15, -0.1) is 23.2 Å². The highest BCUT2D eigenvalue weighted by Crippen LogP contribution is 2.73. The van der Waals surface area contributed by atoms with E-state index in [9.17, 15) is 14.7 Å². The zero-order valence-electron chi connectivity index (χ0n) is 18.7. The first-order valence-electron chi connectivity index (χ1n) is 11.2. The van der Waals surface area contributed by atoms with E-state index in [0.717, 1.165) is 0 Å². The highest BCUT2D eigenvalue weighted by Gasteiger charge is 2.79. The van der Waals surface area contributed by atoms with Crippen LogP contribution in [0.1, 0.15) is 47.0 Å². The first kappa shape index (κ1) is 23.0. The summed E-state index contributed by atoms with van der Waals surface area (Å²) in [6.45, 7) is 6.63. The van der Waals surface area contributed by atoms with Gasteiger partial charge >= 0.3 is 0 Å². The lowest BCUT2D eigenvalue weighted by atomic mass is 9.46. The molecule has 0 aromatic heterocycles. The molecule has 1 aliphatic heterocycles. The van der Waals surface area contributed by atoms with Gasteiger partial charge in [0.05, 0.1) is 16.4 Å². The van der Waals surface area contributed by atoms with Crippen LogP contribution in [-0.2, 0) is 19.1 Å². The second-order valence-corrected chi connectivity index (χ2v) is 12.1. The maximum absolute atomic E-state index is 15.6. The molecule has 9 atom stereocenters. The molecule has 4 aliphatic carbocycles. The Kier molecular flexibility index (Phi) is 4.78. The number of aliphatic hydroxyl groups excluding tert-OH is 1. The molecule has 176 valence electrons. The van der Waals surface area contributed by atoms with E-state index in [1.165, 1.54) is 12.2 Å². The van der Waals surface area contributed by atoms with Crippen LogP contribution in [0, 0.1) is 22.7 Å². The number of ether oxygens (including phenoxy) is 2. The Hall–Kier alpha value is -0.790. The number of Topliss-reactive ketones (excluding diaryl/α,β-unsaturated/α-hetero) is 1. The number of allylic oxidation sites excluding steroid dienone is 4. The molecule has 1 saturated heterocycles. The minimum atomic E-state index is -1.37. The van der Waals surface area contributed by atoms with Gasteiger partial charge in [0.1, 0.15) is 12.8 Å². The number of ketones is 2. The molecule has 0 radical (unpaired) electrons. The molecule has 4 fully saturated rings. The van der Waals surface area contributed by atoms with Crippen LogP contribution < -0.4 is 0 Å². The zero-order chi connectivity index (χ0) is 23.5. The molecular formula is C24H29Cl2FO5. The van der Waals surface area contributed by atoms with Gasteiger partial charge in [0.25, 0.3) is 0 Å². The summed E-state index contributed by atoms with van der Waals surface area (Å²) in [5.41, 5.74) is -2.74. The van der Waals surface area contributed by atoms with Crippen LogP contribution in [-0.4, -0.2) is 57.2 Å². The predicted octanol–water partition coefficient (Wildman–Crippen LogP) is 3.88. The Balaban J connectivity index is 1.66. The van der Waals surface area contributed by atoms with Gasteiger partial charge in [0, 0.05) is 10.8 Å². The third-order valence-electron chi connectivity index (χ3n) is 9.14. The summed E-state index contributed by atoms with van der Waals surface area (Å²) in [7, 11) is 0. The number of rotatable bonds is 2. The number of hydrogen-bond donors (Lipinski definition) is 1. The molecule has 3 saturated carbocycles. The van der Waals surface area contributed by atoms with Crippen LogP contribution in [0.25, 0.3) is 0 Å². The summed E-state index contributed by atoms with van der Waals surface area (Å²) in [5, 5.41) is 9.24. The second-order valence-electron chi connectivity index (χ2n) is 11.0. The van der Waals surface area contributed by atoms with Crippen molar-refractivity contribution < 1.29 is 28.6 Å². The van der Waals surface area contributed by atoms with Gasteiger partial charge in [-0.2, -0.15) is 0 Å². The highest BCUT2D eigenvalue weighted by molar-refractivity contribution is 6.34. The Morgan fingerprint density at radius 1 is 1.25 bits per heavy atom. The zero-order valence-corrected chi connectivity index (χ0v) is 20.2. The van der Waals surface area contributed by atoms with Gasteiger partial charge in [0.2, 0.25) is 0 Å². The molecule has 1 unspecified atom stereocenters. The van der Waals surface area contributed by atoms with Crippen LogP contribution in [0.5, 0.6) is 0 Å². The lowest BCUT2D eigenvalue weighted by Gasteiger charge is -2.64. The van der Waals surface area contributed by atoms with Crippen molar-refractivity contribution >= 4 is 34.8 Å². The number of carbonyl (C=O) groups excluding carboxylic acids is 2. The van der Waals surface area contributed by atoms with E-state index in [0.29, 0.717) is 18.4 Å². The topological polar surface area (TPSA) is 72.8 Å². The number of aliphatic hydroxyl groups is 1. The van der Waals surface area contributed by atoms with Crippen molar-refractivity contribution in [1.82, 2.24) is 0 Å². The molecule has 0 bridgehead atoms. The van der Waals surface area contributed by atoms with Gasteiger partial charge in [-0.05, 0) is 62.7 Å². The average molecular weight is 487 g/mol. The van der Waals surface area contributed by atoms with Gasteiger partial charge in [0.15, 0.2) is 23.0 Å². The number of carbonyl (C=O) groups is 2. The lowest BCUT2D eigenvalue weighted by molar-refractivity contribution is -0.213. The van der Waals surface area contributed by atoms with Crippen molar-refractivity contribution in [2.45, 2.75) is 80.9 Å². The Labute approximate surface area is 197 Å². The van der Waals surface area contributed by atoms with Crippen molar-refractivity contribution in [2.24, 2.45) is 22.7 Å². The molecule has 0 amide bonds. The number of alkyl halides is 3. The predicted molar refractivity (Wildman–Crippen MR) is 117 cm³/mol. The second kappa shape index (κ2) is 6.66. The summed E-state index contributed by atoms with van der Waals surface area (Å²) >= 11 is 14.5. The van der Waals surface area contributed by atoms with Crippen molar-refractivity contribution in [1.29, 1.82) is 0 Å². The molecule has 0 aromatic rings. The van der Waals surface area contributed by atoms with Gasteiger partial charge < -0.3 is 14.6 Å². The first-order valence-corrected chi connectivity index (χ1v) is 12.0. The highest BCUT2D eigenvalue weighted by atomic mass is 35.5. The van der Waals surface area contributed by atoms with Crippen molar-refractivity contribution in [3.05, 3.63) is 23.8 Å². The standard InChI is InChI=1S/C24H29Cl2FO5/c1-20(2)31-19-9-13-14-8-16(27)15-7-12(29)5-6-21(15,3)23(14,26)17(25)10-22(13,4)24(19,32-20)18(30)11-28/h5-7,13-14,16-17,19,28H,8-11H2,1-4H3/t13-,14-,16-,17-,19-,21-,22-,23?,24+/m0/s1. The quantitative estimate of drug-likeness (QED) is 0.599. The maximum atomic E-state index is 15.6. The molecule has 0 aromatic carbocycles. The van der Waals surface area contributed by atoms with Crippen LogP contribution in [0.2, 0.25) is 0 Å². The van der Waals surface area contributed by atoms with E-state index in [1.54, 1.807) is 19.9 Å². The van der Waals surface area contributed by atoms with E-state index >= 15 is 4.39 Å². The molecule has 1 heterocycles. The Bertz CT molecular complexity index is 964. The Morgan fingerprint density at radius 3 is 2.59 bits per heavy atom. The average Bonchev–Trinajstić information content (AvgIpc) is 3.11. The van der Waals surface area contributed by atoms with Crippen molar-refractivity contribution in [3.8, 4) is 0 Å². The molecule has 5 nitrogen and oxygen atoms in total. The van der Waals surface area contributed by atoms with Crippen molar-refractivity contribution in [3.63, 3.8) is 0 Å². The lowest BCUT2D eigenvalue weighted by Crippen LogP contribution is -2.69. The fraction of sp³-hybridized carbons (Fsp3) is 0.750. The third-order valence-corrected chi connectivity index (χ3v) is 10.7. The third kappa shape index (κ3) is 2.46. The smallest absolute Gasteiger partial charge is 0.193 e. The fourth-order valence-electron chi connectivity index (χ4n) is 7.85. The van der Waals surface area contributed by atoms with Crippen LogP contribution in [0.3, 0.4) is 0 Å². The monoisotopic (exact) mass is 486 g/mol. The molecule has 0 spiro atoms. The fourth-order valence-corrected chi connectivity index (χ4v) is 9.05. The maximum Gasteiger partial charge on any atom is 0.193 e. The van der Waals surface area contributed by atoms with E-state index in [4.69, 9.17) is 32.7 Å². The minimum Gasteiger partial charge on any atom is -0.388 e. The van der Waals surface area contributed by atoms with E-state index in [2.05, 4.69) is 0 Å². The molecular weight excluding hydrogens is 458 g/mol. The normalized spacial score (nSPS) is 53.2. The summed E-state index contributed by atoms with van der Waals surface area (Å²) in [6, 6.07) is 0. The summed E-state index contributed by atoms with van der Waals surface area (Å²) < 4.78 is 28.1. The van der Waals surface area contributed by atoms with Gasteiger partial charge in [-0.1, -0.05) is 19.9 Å².